The van der Waals surface area contributed by atoms with Gasteiger partial charge in [0.1, 0.15) is 5.82 Å². The van der Waals surface area contributed by atoms with Crippen LogP contribution in [0, 0.1) is 12.7 Å². The molecule has 0 saturated heterocycles. The Hall–Kier alpha value is -2.22. The Morgan fingerprint density at radius 3 is 2.57 bits per heavy atom. The number of hydrogen-bond donors (Lipinski definition) is 0. The molecule has 0 bridgehead atoms. The molecule has 0 saturated carbocycles. The van der Waals surface area contributed by atoms with Gasteiger partial charge in [-0.05, 0) is 60.2 Å². The van der Waals surface area contributed by atoms with Gasteiger partial charge in [-0.25, -0.2) is 4.39 Å². The highest BCUT2D eigenvalue weighted by Gasteiger charge is 2.10. The fraction of sp³-hybridized carbons (Fsp3) is 0.211. The van der Waals surface area contributed by atoms with E-state index in [1.165, 1.54) is 5.57 Å². The van der Waals surface area contributed by atoms with Crippen LogP contribution in [-0.4, -0.2) is 12.3 Å². The van der Waals surface area contributed by atoms with E-state index in [0.717, 1.165) is 36.2 Å². The summed E-state index contributed by atoms with van der Waals surface area (Å²) < 4.78 is 13.4. The third-order valence-corrected chi connectivity index (χ3v) is 3.80. The summed E-state index contributed by atoms with van der Waals surface area (Å²) in [4.78, 5) is 4.68. The van der Waals surface area contributed by atoms with Crippen molar-refractivity contribution in [1.82, 2.24) is 0 Å². The van der Waals surface area contributed by atoms with Gasteiger partial charge in [0.15, 0.2) is 0 Å². The van der Waals surface area contributed by atoms with E-state index in [9.17, 15) is 4.39 Å². The van der Waals surface area contributed by atoms with Crippen LogP contribution in [-0.2, 0) is 0 Å². The number of aryl methyl sites for hydroxylation is 1. The molecule has 0 aromatic heterocycles. The maximum Gasteiger partial charge on any atom is 0.126 e. The van der Waals surface area contributed by atoms with E-state index in [2.05, 4.69) is 23.2 Å². The molecule has 0 N–H and O–H groups in total. The van der Waals surface area contributed by atoms with Gasteiger partial charge in [0.25, 0.3) is 0 Å². The monoisotopic (exact) mass is 279 g/mol. The highest BCUT2D eigenvalue weighted by Crippen LogP contribution is 2.25. The standard InChI is InChI=1S/C19H18FN/c1-14-12-17(9-10-18(14)20)16-8-5-11-21-19(13-16)15-6-3-2-4-7-15/h2-4,6-7,9-10,12-13H,5,8,11H2,1H3. The Morgan fingerprint density at radius 1 is 1.00 bits per heavy atom. The predicted octanol–water partition coefficient (Wildman–Crippen LogP) is 4.80. The van der Waals surface area contributed by atoms with Gasteiger partial charge in [-0.3, -0.25) is 4.99 Å². The molecule has 3 rings (SSSR count). The van der Waals surface area contributed by atoms with Crippen LogP contribution in [0.1, 0.15) is 29.5 Å². The van der Waals surface area contributed by atoms with Crippen LogP contribution >= 0.6 is 0 Å². The minimum absolute atomic E-state index is 0.148. The first-order chi connectivity index (χ1) is 10.2. The molecule has 2 aromatic rings. The molecule has 1 heterocycles. The summed E-state index contributed by atoms with van der Waals surface area (Å²) >= 11 is 0. The van der Waals surface area contributed by atoms with Crippen molar-refractivity contribution in [3.63, 3.8) is 0 Å². The van der Waals surface area contributed by atoms with Crippen molar-refractivity contribution in [2.24, 2.45) is 4.99 Å². The first-order valence-corrected chi connectivity index (χ1v) is 7.31. The summed E-state index contributed by atoms with van der Waals surface area (Å²) in [5.41, 5.74) is 5.18. The van der Waals surface area contributed by atoms with E-state index in [4.69, 9.17) is 0 Å². The maximum atomic E-state index is 13.4. The highest BCUT2D eigenvalue weighted by atomic mass is 19.1. The number of aliphatic imine (C=N–C) groups is 1. The van der Waals surface area contributed by atoms with Gasteiger partial charge in [-0.2, -0.15) is 0 Å². The second kappa shape index (κ2) is 6.04. The largest absolute Gasteiger partial charge is 0.285 e. The zero-order valence-corrected chi connectivity index (χ0v) is 12.1. The van der Waals surface area contributed by atoms with Crippen LogP contribution in [0.3, 0.4) is 0 Å². The quantitative estimate of drug-likeness (QED) is 0.748. The lowest BCUT2D eigenvalue weighted by molar-refractivity contribution is 0.618. The normalized spacial score (nSPS) is 15.1. The molecule has 106 valence electrons. The molecule has 0 amide bonds. The summed E-state index contributed by atoms with van der Waals surface area (Å²) in [6, 6.07) is 15.6. The molecule has 0 spiro atoms. The van der Waals surface area contributed by atoms with Crippen LogP contribution in [0.2, 0.25) is 0 Å². The van der Waals surface area contributed by atoms with Gasteiger partial charge < -0.3 is 0 Å². The second-order valence-corrected chi connectivity index (χ2v) is 5.37. The Bertz CT molecular complexity index is 699. The van der Waals surface area contributed by atoms with E-state index < -0.39 is 0 Å². The van der Waals surface area contributed by atoms with Gasteiger partial charge >= 0.3 is 0 Å². The lowest BCUT2D eigenvalue weighted by atomic mass is 9.97. The molecule has 0 fully saturated rings. The van der Waals surface area contributed by atoms with Gasteiger partial charge in [0, 0.05) is 6.54 Å². The summed E-state index contributed by atoms with van der Waals surface area (Å²) in [6.45, 7) is 2.65. The van der Waals surface area contributed by atoms with Crippen molar-refractivity contribution in [3.8, 4) is 0 Å². The van der Waals surface area contributed by atoms with E-state index in [1.54, 1.807) is 6.07 Å². The third kappa shape index (κ3) is 3.10. The van der Waals surface area contributed by atoms with Crippen molar-refractivity contribution >= 4 is 11.3 Å². The molecule has 0 radical (unpaired) electrons. The molecule has 0 atom stereocenters. The Morgan fingerprint density at radius 2 is 1.81 bits per heavy atom. The summed E-state index contributed by atoms with van der Waals surface area (Å²) in [7, 11) is 0. The van der Waals surface area contributed by atoms with Crippen LogP contribution in [0.15, 0.2) is 59.6 Å². The molecule has 1 aliphatic rings. The molecule has 0 aliphatic carbocycles. The van der Waals surface area contributed by atoms with E-state index >= 15 is 0 Å². The van der Waals surface area contributed by atoms with Crippen molar-refractivity contribution in [2.75, 3.05) is 6.54 Å². The first-order valence-electron chi connectivity index (χ1n) is 7.31. The number of benzene rings is 2. The number of rotatable bonds is 2. The topological polar surface area (TPSA) is 12.4 Å². The van der Waals surface area contributed by atoms with Crippen molar-refractivity contribution in [3.05, 3.63) is 77.1 Å². The Labute approximate surface area is 124 Å². The van der Waals surface area contributed by atoms with Crippen LogP contribution in [0.25, 0.3) is 5.57 Å². The SMILES string of the molecule is Cc1cc(C2=CC(c3ccccc3)=NCCC2)ccc1F. The number of halogens is 1. The molecule has 2 heteroatoms. The highest BCUT2D eigenvalue weighted by molar-refractivity contribution is 6.12. The Balaban J connectivity index is 2.00. The lowest BCUT2D eigenvalue weighted by Gasteiger charge is -2.08. The average Bonchev–Trinajstić information content (AvgIpc) is 2.77. The zero-order chi connectivity index (χ0) is 14.7. The van der Waals surface area contributed by atoms with Crippen molar-refractivity contribution in [1.29, 1.82) is 0 Å². The minimum atomic E-state index is -0.148. The van der Waals surface area contributed by atoms with Crippen LogP contribution in [0.4, 0.5) is 4.39 Å². The average molecular weight is 279 g/mol. The van der Waals surface area contributed by atoms with E-state index in [-0.39, 0.29) is 5.82 Å². The first kappa shape index (κ1) is 13.7. The van der Waals surface area contributed by atoms with Gasteiger partial charge in [-0.1, -0.05) is 36.4 Å². The molecule has 1 aliphatic heterocycles. The Kier molecular flexibility index (Phi) is 3.96. The van der Waals surface area contributed by atoms with Crippen molar-refractivity contribution in [2.45, 2.75) is 19.8 Å². The number of nitrogens with zero attached hydrogens (tertiary/aromatic N) is 1. The summed E-state index contributed by atoms with van der Waals surface area (Å²) in [5, 5.41) is 0. The molecule has 0 unspecified atom stereocenters. The summed E-state index contributed by atoms with van der Waals surface area (Å²) in [5.74, 6) is -0.148. The van der Waals surface area contributed by atoms with Crippen LogP contribution in [0.5, 0.6) is 0 Å². The number of hydrogen-bond acceptors (Lipinski definition) is 1. The van der Waals surface area contributed by atoms with E-state index in [0.29, 0.717) is 5.56 Å². The van der Waals surface area contributed by atoms with Gasteiger partial charge in [-0.15, -0.1) is 0 Å². The molecule has 21 heavy (non-hydrogen) atoms. The van der Waals surface area contributed by atoms with Crippen LogP contribution < -0.4 is 0 Å². The lowest BCUT2D eigenvalue weighted by Crippen LogP contribution is -1.97. The fourth-order valence-corrected chi connectivity index (χ4v) is 2.61. The summed E-state index contributed by atoms with van der Waals surface area (Å²) in [6.07, 6.45) is 4.15. The second-order valence-electron chi connectivity index (χ2n) is 5.37. The van der Waals surface area contributed by atoms with Crippen molar-refractivity contribution < 1.29 is 4.39 Å². The molecular weight excluding hydrogens is 261 g/mol. The smallest absolute Gasteiger partial charge is 0.126 e. The van der Waals surface area contributed by atoms with E-state index in [1.807, 2.05) is 37.3 Å². The minimum Gasteiger partial charge on any atom is -0.285 e. The third-order valence-electron chi connectivity index (χ3n) is 3.80. The maximum absolute atomic E-state index is 13.4. The molecule has 2 aromatic carbocycles. The predicted molar refractivity (Wildman–Crippen MR) is 86.2 cm³/mol. The molecule has 1 nitrogen and oxygen atoms in total. The van der Waals surface area contributed by atoms with Gasteiger partial charge in [0.2, 0.25) is 0 Å². The zero-order valence-electron chi connectivity index (χ0n) is 12.1. The number of allylic oxidation sites excluding steroid dienone is 2. The van der Waals surface area contributed by atoms with Gasteiger partial charge in [0.05, 0.1) is 5.71 Å². The molecular formula is C19H18FN. The fourth-order valence-electron chi connectivity index (χ4n) is 2.61.